The third-order valence-corrected chi connectivity index (χ3v) is 4.37. The van der Waals surface area contributed by atoms with Crippen molar-refractivity contribution in [1.82, 2.24) is 0 Å². The third-order valence-electron chi connectivity index (χ3n) is 4.37. The number of benzene rings is 1. The molecule has 0 saturated carbocycles. The minimum absolute atomic E-state index is 0.132. The zero-order chi connectivity index (χ0) is 25.7. The zero-order valence-corrected chi connectivity index (χ0v) is 19.9. The van der Waals surface area contributed by atoms with Gasteiger partial charge in [-0.2, -0.15) is 0 Å². The van der Waals surface area contributed by atoms with Crippen molar-refractivity contribution in [3.63, 3.8) is 0 Å². The van der Waals surface area contributed by atoms with Gasteiger partial charge in [0.05, 0.1) is 0 Å². The van der Waals surface area contributed by atoms with Crippen molar-refractivity contribution in [1.29, 1.82) is 0 Å². The van der Waals surface area contributed by atoms with Gasteiger partial charge in [-0.05, 0) is 38.3 Å². The molecule has 8 nitrogen and oxygen atoms in total. The number of allylic oxidation sites excluding steroid dienone is 2. The first kappa shape index (κ1) is 28.7. The fourth-order valence-electron chi connectivity index (χ4n) is 2.68. The second-order valence-corrected chi connectivity index (χ2v) is 7.70. The molecule has 2 N–H and O–H groups in total. The predicted molar refractivity (Wildman–Crippen MR) is 129 cm³/mol. The van der Waals surface area contributed by atoms with Crippen molar-refractivity contribution in [2.45, 2.75) is 38.9 Å². The maximum absolute atomic E-state index is 11.5. The fourth-order valence-corrected chi connectivity index (χ4v) is 2.68. The van der Waals surface area contributed by atoms with E-state index in [4.69, 9.17) is 18.9 Å². The Bertz CT molecular complexity index is 902. The third kappa shape index (κ3) is 9.64. The summed E-state index contributed by atoms with van der Waals surface area (Å²) in [4.78, 5) is 23.0. The summed E-state index contributed by atoms with van der Waals surface area (Å²) in [5.41, 5.74) is 1.93. The van der Waals surface area contributed by atoms with E-state index in [-0.39, 0.29) is 37.6 Å². The number of esters is 2. The van der Waals surface area contributed by atoms with E-state index in [1.54, 1.807) is 24.3 Å². The van der Waals surface area contributed by atoms with Gasteiger partial charge >= 0.3 is 11.9 Å². The van der Waals surface area contributed by atoms with Gasteiger partial charge < -0.3 is 29.2 Å². The smallest absolute Gasteiger partial charge is 0.333 e. The van der Waals surface area contributed by atoms with Crippen molar-refractivity contribution >= 4 is 11.9 Å². The molecule has 0 bridgehead atoms. The number of aliphatic hydroxyl groups is 2. The quantitative estimate of drug-likeness (QED) is 0.214. The van der Waals surface area contributed by atoms with Crippen LogP contribution in [-0.4, -0.2) is 60.8 Å². The van der Waals surface area contributed by atoms with Crippen LogP contribution in [0.5, 0.6) is 11.5 Å². The molecule has 1 rings (SSSR count). The second kappa shape index (κ2) is 14.7. The second-order valence-electron chi connectivity index (χ2n) is 7.70. The molecule has 0 spiro atoms. The Labute approximate surface area is 200 Å². The molecule has 0 aliphatic rings. The molecular weight excluding hydrogens is 440 g/mol. The largest absolute Gasteiger partial charge is 0.490 e. The highest BCUT2D eigenvalue weighted by atomic mass is 16.6. The van der Waals surface area contributed by atoms with Crippen LogP contribution in [0.4, 0.5) is 0 Å². The summed E-state index contributed by atoms with van der Waals surface area (Å²) in [5.74, 6) is -0.271. The average molecular weight is 475 g/mol. The standard InChI is InChI=1S/C26H34O8/c1-7-9-19-11-12-23(31-13-20(27)15-33-25(29)17(3)4)22(10-8-2)24(19)32-14-21(28)16-34-26(30)18(5)6/h7-8,11-12,20-21,27-28H,1-3,5,9-10,13-16H2,4,6H3. The van der Waals surface area contributed by atoms with Gasteiger partial charge in [-0.3, -0.25) is 0 Å². The first-order valence-corrected chi connectivity index (χ1v) is 10.7. The van der Waals surface area contributed by atoms with Gasteiger partial charge in [0.25, 0.3) is 0 Å². The van der Waals surface area contributed by atoms with E-state index in [0.717, 1.165) is 5.56 Å². The van der Waals surface area contributed by atoms with Crippen LogP contribution in [0.1, 0.15) is 25.0 Å². The molecule has 0 fully saturated rings. The number of carbonyl (C=O) groups excluding carboxylic acids is 2. The maximum Gasteiger partial charge on any atom is 0.333 e. The Balaban J connectivity index is 2.95. The SMILES string of the molecule is C=CCc1ccc(OCC(O)COC(=O)C(=C)C)c(CC=C)c1OCC(O)COC(=O)C(=C)C. The monoisotopic (exact) mass is 474 g/mol. The highest BCUT2D eigenvalue weighted by Gasteiger charge is 2.19. The molecule has 0 aromatic heterocycles. The number of hydrogen-bond donors (Lipinski definition) is 2. The van der Waals surface area contributed by atoms with Gasteiger partial charge in [0.15, 0.2) is 0 Å². The van der Waals surface area contributed by atoms with Crippen LogP contribution >= 0.6 is 0 Å². The Morgan fingerprint density at radius 3 is 1.82 bits per heavy atom. The van der Waals surface area contributed by atoms with Crippen LogP contribution in [-0.2, 0) is 31.9 Å². The number of ether oxygens (including phenoxy) is 4. The van der Waals surface area contributed by atoms with Crippen molar-refractivity contribution in [3.8, 4) is 11.5 Å². The Kier molecular flexibility index (Phi) is 12.4. The molecule has 1 aromatic carbocycles. The molecule has 0 aliphatic carbocycles. The molecule has 0 amide bonds. The van der Waals surface area contributed by atoms with E-state index in [9.17, 15) is 19.8 Å². The highest BCUT2D eigenvalue weighted by molar-refractivity contribution is 5.87. The number of hydrogen-bond acceptors (Lipinski definition) is 8. The van der Waals surface area contributed by atoms with E-state index in [1.807, 2.05) is 0 Å². The first-order valence-electron chi connectivity index (χ1n) is 10.7. The molecule has 0 heterocycles. The summed E-state index contributed by atoms with van der Waals surface area (Å²) < 4.78 is 21.6. The normalized spacial score (nSPS) is 12.1. The minimum Gasteiger partial charge on any atom is -0.490 e. The summed E-state index contributed by atoms with van der Waals surface area (Å²) in [5, 5.41) is 20.3. The number of aliphatic hydroxyl groups excluding tert-OH is 2. The van der Waals surface area contributed by atoms with Crippen LogP contribution in [0, 0.1) is 0 Å². The summed E-state index contributed by atoms with van der Waals surface area (Å²) >= 11 is 0. The molecular formula is C26H34O8. The molecule has 0 saturated heterocycles. The van der Waals surface area contributed by atoms with Crippen molar-refractivity contribution in [2.24, 2.45) is 0 Å². The van der Waals surface area contributed by atoms with Crippen LogP contribution < -0.4 is 9.47 Å². The van der Waals surface area contributed by atoms with Gasteiger partial charge in [-0.25, -0.2) is 9.59 Å². The van der Waals surface area contributed by atoms with Gasteiger partial charge in [-0.15, -0.1) is 13.2 Å². The van der Waals surface area contributed by atoms with E-state index >= 15 is 0 Å². The molecule has 186 valence electrons. The van der Waals surface area contributed by atoms with Crippen LogP contribution in [0.25, 0.3) is 0 Å². The van der Waals surface area contributed by atoms with Gasteiger partial charge in [0, 0.05) is 16.7 Å². The van der Waals surface area contributed by atoms with Gasteiger partial charge in [0.2, 0.25) is 0 Å². The van der Waals surface area contributed by atoms with E-state index in [2.05, 4.69) is 26.3 Å². The summed E-state index contributed by atoms with van der Waals surface area (Å²) in [6.45, 7) is 16.8. The van der Waals surface area contributed by atoms with Crippen molar-refractivity contribution < 1.29 is 38.7 Å². The lowest BCUT2D eigenvalue weighted by Gasteiger charge is -2.21. The molecule has 1 aromatic rings. The Morgan fingerprint density at radius 1 is 0.853 bits per heavy atom. The number of carbonyl (C=O) groups is 2. The van der Waals surface area contributed by atoms with Gasteiger partial charge in [-0.1, -0.05) is 31.4 Å². The molecule has 8 heteroatoms. The van der Waals surface area contributed by atoms with Crippen LogP contribution in [0.15, 0.2) is 61.7 Å². The molecule has 0 radical (unpaired) electrons. The van der Waals surface area contributed by atoms with E-state index in [0.29, 0.717) is 29.9 Å². The van der Waals surface area contributed by atoms with E-state index in [1.165, 1.54) is 13.8 Å². The van der Waals surface area contributed by atoms with Crippen LogP contribution in [0.2, 0.25) is 0 Å². The summed E-state index contributed by atoms with van der Waals surface area (Å²) in [6.07, 6.45) is 2.15. The van der Waals surface area contributed by atoms with E-state index < -0.39 is 24.1 Å². The molecule has 2 unspecified atom stereocenters. The predicted octanol–water partition coefficient (Wildman–Crippen LogP) is 2.86. The maximum atomic E-state index is 11.5. The van der Waals surface area contributed by atoms with Crippen molar-refractivity contribution in [3.05, 3.63) is 72.9 Å². The lowest BCUT2D eigenvalue weighted by molar-refractivity contribution is -0.143. The van der Waals surface area contributed by atoms with Gasteiger partial charge in [0.1, 0.15) is 50.1 Å². The van der Waals surface area contributed by atoms with Crippen LogP contribution in [0.3, 0.4) is 0 Å². The molecule has 2 atom stereocenters. The zero-order valence-electron chi connectivity index (χ0n) is 19.9. The lowest BCUT2D eigenvalue weighted by Crippen LogP contribution is -2.26. The molecule has 0 aliphatic heterocycles. The summed E-state index contributed by atoms with van der Waals surface area (Å²) in [7, 11) is 0. The van der Waals surface area contributed by atoms with Crippen molar-refractivity contribution in [2.75, 3.05) is 26.4 Å². The molecule has 34 heavy (non-hydrogen) atoms. The topological polar surface area (TPSA) is 112 Å². The average Bonchev–Trinajstić information content (AvgIpc) is 2.79. The Hall–Kier alpha value is -3.36. The number of rotatable bonds is 16. The first-order chi connectivity index (χ1) is 16.1. The Morgan fingerprint density at radius 2 is 1.35 bits per heavy atom. The highest BCUT2D eigenvalue weighted by Crippen LogP contribution is 2.34. The lowest BCUT2D eigenvalue weighted by atomic mass is 10.0. The minimum atomic E-state index is -1.06. The summed E-state index contributed by atoms with van der Waals surface area (Å²) in [6, 6.07) is 3.53. The fraction of sp³-hybridized carbons (Fsp3) is 0.385.